The Morgan fingerprint density at radius 1 is 1.37 bits per heavy atom. The maximum absolute atomic E-state index is 12.4. The second kappa shape index (κ2) is 5.01. The van der Waals surface area contributed by atoms with Gasteiger partial charge in [-0.15, -0.1) is 0 Å². The molecule has 1 saturated heterocycles. The first-order chi connectivity index (χ1) is 8.97. The number of rotatable bonds is 3. The summed E-state index contributed by atoms with van der Waals surface area (Å²) in [6.45, 7) is 2.03. The van der Waals surface area contributed by atoms with Crippen LogP contribution in [0.2, 0.25) is 0 Å². The molecule has 1 amide bonds. The Hall–Kier alpha value is -1.88. The fourth-order valence-electron chi connectivity index (χ4n) is 2.51. The molecule has 1 aliphatic rings. The molecule has 0 radical (unpaired) electrons. The largest absolute Gasteiger partial charge is 0.480 e. The van der Waals surface area contributed by atoms with E-state index in [1.165, 1.54) is 4.90 Å². The molecular formula is C14H18N2O3. The highest BCUT2D eigenvalue weighted by Gasteiger charge is 2.47. The van der Waals surface area contributed by atoms with Crippen molar-refractivity contribution in [1.29, 1.82) is 0 Å². The average Bonchev–Trinajstić information content (AvgIpc) is 2.81. The van der Waals surface area contributed by atoms with E-state index in [0.717, 1.165) is 0 Å². The Labute approximate surface area is 112 Å². The smallest absolute Gasteiger partial charge is 0.329 e. The van der Waals surface area contributed by atoms with Gasteiger partial charge in [0.05, 0.1) is 0 Å². The molecule has 1 aromatic rings. The monoisotopic (exact) mass is 262 g/mol. The zero-order valence-corrected chi connectivity index (χ0v) is 10.9. The van der Waals surface area contributed by atoms with Crippen molar-refractivity contribution in [2.75, 3.05) is 6.54 Å². The summed E-state index contributed by atoms with van der Waals surface area (Å²) in [5.41, 5.74) is 5.52. The van der Waals surface area contributed by atoms with Crippen molar-refractivity contribution in [3.63, 3.8) is 0 Å². The van der Waals surface area contributed by atoms with Crippen LogP contribution in [0, 0.1) is 0 Å². The van der Waals surface area contributed by atoms with Crippen molar-refractivity contribution in [1.82, 2.24) is 4.90 Å². The number of nitrogens with two attached hydrogens (primary N) is 1. The second-order valence-corrected chi connectivity index (χ2v) is 5.06. The van der Waals surface area contributed by atoms with Crippen LogP contribution in [0.5, 0.6) is 0 Å². The number of hydrogen-bond donors (Lipinski definition) is 2. The third kappa shape index (κ3) is 2.33. The molecular weight excluding hydrogens is 244 g/mol. The van der Waals surface area contributed by atoms with Gasteiger partial charge in [0.15, 0.2) is 0 Å². The van der Waals surface area contributed by atoms with Crippen molar-refractivity contribution in [2.45, 2.75) is 31.3 Å². The summed E-state index contributed by atoms with van der Waals surface area (Å²) in [5, 5.41) is 9.31. The Morgan fingerprint density at radius 3 is 2.58 bits per heavy atom. The molecule has 0 saturated carbocycles. The topological polar surface area (TPSA) is 83.6 Å². The molecule has 0 bridgehead atoms. The number of nitrogens with zero attached hydrogens (tertiary/aromatic N) is 1. The molecule has 1 aromatic carbocycles. The summed E-state index contributed by atoms with van der Waals surface area (Å²) >= 11 is 0. The fraction of sp³-hybridized carbons (Fsp3) is 0.429. The fourth-order valence-corrected chi connectivity index (χ4v) is 2.51. The lowest BCUT2D eigenvalue weighted by Gasteiger charge is -2.33. The maximum Gasteiger partial charge on any atom is 0.329 e. The van der Waals surface area contributed by atoms with E-state index in [1.807, 2.05) is 18.2 Å². The summed E-state index contributed by atoms with van der Waals surface area (Å²) in [5.74, 6) is -1.30. The molecule has 102 valence electrons. The Balaban J connectivity index is 2.22. The van der Waals surface area contributed by atoms with Gasteiger partial charge >= 0.3 is 5.97 Å². The number of aliphatic carboxylic acids is 1. The zero-order chi connectivity index (χ0) is 14.0. The van der Waals surface area contributed by atoms with Gasteiger partial charge in [0, 0.05) is 6.54 Å². The van der Waals surface area contributed by atoms with E-state index in [1.54, 1.807) is 19.1 Å². The van der Waals surface area contributed by atoms with E-state index < -0.39 is 17.6 Å². The predicted octanol–water partition coefficient (Wildman–Crippen LogP) is 1.15. The van der Waals surface area contributed by atoms with E-state index in [2.05, 4.69) is 0 Å². The highest BCUT2D eigenvalue weighted by atomic mass is 16.4. The number of carbonyl (C=O) groups is 2. The molecule has 5 nitrogen and oxygen atoms in total. The zero-order valence-electron chi connectivity index (χ0n) is 10.9. The number of hydrogen-bond acceptors (Lipinski definition) is 3. The van der Waals surface area contributed by atoms with Crippen LogP contribution < -0.4 is 5.73 Å². The summed E-state index contributed by atoms with van der Waals surface area (Å²) in [6, 6.07) is 8.20. The van der Waals surface area contributed by atoms with Gasteiger partial charge in [-0.1, -0.05) is 30.3 Å². The molecule has 0 aromatic heterocycles. The van der Waals surface area contributed by atoms with E-state index >= 15 is 0 Å². The predicted molar refractivity (Wildman–Crippen MR) is 70.4 cm³/mol. The third-order valence-corrected chi connectivity index (χ3v) is 3.79. The van der Waals surface area contributed by atoms with Crippen LogP contribution in [0.25, 0.3) is 0 Å². The van der Waals surface area contributed by atoms with Gasteiger partial charge in [-0.2, -0.15) is 0 Å². The minimum absolute atomic E-state index is 0.325. The quantitative estimate of drug-likeness (QED) is 0.856. The molecule has 1 unspecified atom stereocenters. The molecule has 2 atom stereocenters. The summed E-state index contributed by atoms with van der Waals surface area (Å²) in [7, 11) is 0. The van der Waals surface area contributed by atoms with E-state index in [-0.39, 0.29) is 5.91 Å². The van der Waals surface area contributed by atoms with Crippen LogP contribution >= 0.6 is 0 Å². The minimum atomic E-state index is -1.14. The van der Waals surface area contributed by atoms with Gasteiger partial charge < -0.3 is 15.7 Å². The Bertz CT molecular complexity index is 489. The van der Waals surface area contributed by atoms with Gasteiger partial charge in [0.1, 0.15) is 11.6 Å². The number of carbonyl (C=O) groups excluding carboxylic acids is 1. The van der Waals surface area contributed by atoms with Crippen molar-refractivity contribution < 1.29 is 14.7 Å². The maximum atomic E-state index is 12.4. The van der Waals surface area contributed by atoms with Crippen molar-refractivity contribution >= 4 is 11.9 Å². The second-order valence-electron chi connectivity index (χ2n) is 5.06. The minimum Gasteiger partial charge on any atom is -0.480 e. The van der Waals surface area contributed by atoms with Gasteiger partial charge in [-0.3, -0.25) is 4.79 Å². The van der Waals surface area contributed by atoms with Crippen molar-refractivity contribution in [3.8, 4) is 0 Å². The third-order valence-electron chi connectivity index (χ3n) is 3.79. The van der Waals surface area contributed by atoms with Gasteiger partial charge in [-0.25, -0.2) is 4.79 Å². The van der Waals surface area contributed by atoms with Crippen LogP contribution in [0.3, 0.4) is 0 Å². The van der Waals surface area contributed by atoms with Crippen LogP contribution in [-0.4, -0.2) is 34.0 Å². The summed E-state index contributed by atoms with van der Waals surface area (Å²) < 4.78 is 0. The Kier molecular flexibility index (Phi) is 3.57. The van der Waals surface area contributed by atoms with Crippen LogP contribution in [-0.2, 0) is 9.59 Å². The molecule has 5 heteroatoms. The lowest BCUT2D eigenvalue weighted by Crippen LogP contribution is -2.53. The van der Waals surface area contributed by atoms with Crippen LogP contribution in [0.4, 0.5) is 0 Å². The first-order valence-corrected chi connectivity index (χ1v) is 6.32. The van der Waals surface area contributed by atoms with Gasteiger partial charge in [-0.05, 0) is 25.3 Å². The SMILES string of the molecule is CC1(C(=O)O)CCCN1C(=O)[C@@H](N)c1ccccc1. The van der Waals surface area contributed by atoms with E-state index in [4.69, 9.17) is 5.73 Å². The average molecular weight is 262 g/mol. The van der Waals surface area contributed by atoms with Crippen molar-refractivity contribution in [2.24, 2.45) is 5.73 Å². The number of benzene rings is 1. The molecule has 3 N–H and O–H groups in total. The van der Waals surface area contributed by atoms with Gasteiger partial charge in [0.25, 0.3) is 0 Å². The lowest BCUT2D eigenvalue weighted by molar-refractivity contribution is -0.155. The highest BCUT2D eigenvalue weighted by Crippen LogP contribution is 2.31. The molecule has 0 aliphatic carbocycles. The van der Waals surface area contributed by atoms with Crippen LogP contribution in [0.15, 0.2) is 30.3 Å². The summed E-state index contributed by atoms with van der Waals surface area (Å²) in [6.07, 6.45) is 1.16. The first-order valence-electron chi connectivity index (χ1n) is 6.32. The number of carboxylic acids is 1. The molecule has 1 aliphatic heterocycles. The number of likely N-dealkylation sites (tertiary alicyclic amines) is 1. The summed E-state index contributed by atoms with van der Waals surface area (Å²) in [4.78, 5) is 25.2. The molecule has 19 heavy (non-hydrogen) atoms. The normalized spacial score (nSPS) is 24.2. The standard InChI is InChI=1S/C14H18N2O3/c1-14(13(18)19)8-5-9-16(14)12(17)11(15)10-6-3-2-4-7-10/h2-4,6-7,11H,5,8-9,15H2,1H3,(H,18,19)/t11-,14?/m0/s1. The molecule has 1 heterocycles. The Morgan fingerprint density at radius 2 is 2.00 bits per heavy atom. The lowest BCUT2D eigenvalue weighted by atomic mass is 9.97. The number of amides is 1. The van der Waals surface area contributed by atoms with E-state index in [9.17, 15) is 14.7 Å². The van der Waals surface area contributed by atoms with E-state index in [0.29, 0.717) is 24.9 Å². The molecule has 1 fully saturated rings. The number of carboxylic acid groups (broad SMARTS) is 1. The molecule has 2 rings (SSSR count). The molecule has 0 spiro atoms. The van der Waals surface area contributed by atoms with Crippen LogP contribution in [0.1, 0.15) is 31.4 Å². The highest BCUT2D eigenvalue weighted by molar-refractivity contribution is 5.90. The first kappa shape index (κ1) is 13.5. The van der Waals surface area contributed by atoms with Gasteiger partial charge in [0.2, 0.25) is 5.91 Å². The van der Waals surface area contributed by atoms with Crippen molar-refractivity contribution in [3.05, 3.63) is 35.9 Å².